The molecule has 24 heavy (non-hydrogen) atoms. The summed E-state index contributed by atoms with van der Waals surface area (Å²) in [6.07, 6.45) is 9.54. The van der Waals surface area contributed by atoms with Crippen LogP contribution in [0.15, 0.2) is 18.2 Å². The lowest BCUT2D eigenvalue weighted by atomic mass is 9.78. The van der Waals surface area contributed by atoms with Crippen molar-refractivity contribution < 1.29 is 4.79 Å². The number of amides is 1. The van der Waals surface area contributed by atoms with Crippen molar-refractivity contribution >= 4 is 11.7 Å². The van der Waals surface area contributed by atoms with Crippen molar-refractivity contribution in [1.29, 1.82) is 0 Å². The zero-order valence-electron chi connectivity index (χ0n) is 14.8. The number of aromatic nitrogens is 1. The van der Waals surface area contributed by atoms with Gasteiger partial charge < -0.3 is 9.80 Å². The van der Waals surface area contributed by atoms with Gasteiger partial charge in [-0.15, -0.1) is 0 Å². The van der Waals surface area contributed by atoms with Gasteiger partial charge in [-0.2, -0.15) is 0 Å². The van der Waals surface area contributed by atoms with Gasteiger partial charge in [0, 0.05) is 31.4 Å². The van der Waals surface area contributed by atoms with E-state index in [4.69, 9.17) is 0 Å². The number of likely N-dealkylation sites (tertiary alicyclic amines) is 1. The lowest BCUT2D eigenvalue weighted by Gasteiger charge is -2.40. The highest BCUT2D eigenvalue weighted by molar-refractivity contribution is 5.86. The van der Waals surface area contributed by atoms with E-state index >= 15 is 0 Å². The maximum absolute atomic E-state index is 13.3. The summed E-state index contributed by atoms with van der Waals surface area (Å²) in [4.78, 5) is 22.6. The van der Waals surface area contributed by atoms with Gasteiger partial charge in [0.1, 0.15) is 5.82 Å². The molecule has 3 aliphatic rings. The summed E-state index contributed by atoms with van der Waals surface area (Å²) in [6, 6.07) is 6.71. The van der Waals surface area contributed by atoms with E-state index in [1.54, 1.807) is 0 Å². The Bertz CT molecular complexity index is 611. The molecule has 4 heteroatoms. The van der Waals surface area contributed by atoms with Crippen LogP contribution < -0.4 is 4.90 Å². The molecule has 0 aromatic carbocycles. The van der Waals surface area contributed by atoms with Gasteiger partial charge in [-0.3, -0.25) is 4.79 Å². The van der Waals surface area contributed by atoms with Crippen LogP contribution in [0.25, 0.3) is 0 Å². The zero-order valence-corrected chi connectivity index (χ0v) is 14.8. The fourth-order valence-electron chi connectivity index (χ4n) is 5.00. The fraction of sp³-hybridized carbons (Fsp3) is 0.700. The summed E-state index contributed by atoms with van der Waals surface area (Å²) >= 11 is 0. The Hall–Kier alpha value is -1.58. The quantitative estimate of drug-likeness (QED) is 0.833. The highest BCUT2D eigenvalue weighted by atomic mass is 16.2. The second-order valence-corrected chi connectivity index (χ2v) is 7.98. The van der Waals surface area contributed by atoms with E-state index < -0.39 is 0 Å². The van der Waals surface area contributed by atoms with Gasteiger partial charge in [-0.1, -0.05) is 25.3 Å². The molecule has 0 bridgehead atoms. The third kappa shape index (κ3) is 2.80. The average Bonchev–Trinajstić information content (AvgIpc) is 2.92. The minimum Gasteiger partial charge on any atom is -0.356 e. The highest BCUT2D eigenvalue weighted by Crippen LogP contribution is 2.43. The number of rotatable bonds is 2. The molecule has 1 aromatic heterocycles. The second kappa shape index (κ2) is 6.38. The van der Waals surface area contributed by atoms with E-state index in [0.717, 1.165) is 50.4 Å². The van der Waals surface area contributed by atoms with Gasteiger partial charge in [0.15, 0.2) is 0 Å². The minimum absolute atomic E-state index is 0.152. The predicted octanol–water partition coefficient (Wildman–Crippen LogP) is 3.54. The predicted molar refractivity (Wildman–Crippen MR) is 96.1 cm³/mol. The van der Waals surface area contributed by atoms with Crippen LogP contribution in [0.3, 0.4) is 0 Å². The maximum Gasteiger partial charge on any atom is 0.230 e. The molecule has 0 radical (unpaired) electrons. The van der Waals surface area contributed by atoms with Gasteiger partial charge in [-0.05, 0) is 51.2 Å². The summed E-state index contributed by atoms with van der Waals surface area (Å²) in [5.74, 6) is 1.48. The average molecular weight is 327 g/mol. The van der Waals surface area contributed by atoms with E-state index in [1.807, 2.05) is 13.0 Å². The third-order valence-electron chi connectivity index (χ3n) is 6.34. The highest BCUT2D eigenvalue weighted by Gasteiger charge is 2.50. The molecule has 1 saturated carbocycles. The lowest BCUT2D eigenvalue weighted by molar-refractivity contribution is -0.138. The number of pyridine rings is 1. The summed E-state index contributed by atoms with van der Waals surface area (Å²) in [5.41, 5.74) is 0.898. The van der Waals surface area contributed by atoms with Gasteiger partial charge in [0.05, 0.1) is 5.41 Å². The Labute approximate surface area is 145 Å². The summed E-state index contributed by atoms with van der Waals surface area (Å²) < 4.78 is 0. The van der Waals surface area contributed by atoms with Crippen molar-refractivity contribution in [1.82, 2.24) is 9.88 Å². The summed E-state index contributed by atoms with van der Waals surface area (Å²) in [5, 5.41) is 0. The van der Waals surface area contributed by atoms with E-state index in [2.05, 4.69) is 26.9 Å². The first-order chi connectivity index (χ1) is 11.7. The van der Waals surface area contributed by atoms with Crippen molar-refractivity contribution in [2.45, 2.75) is 64.3 Å². The monoisotopic (exact) mass is 327 g/mol. The minimum atomic E-state index is -0.152. The Kier molecular flexibility index (Phi) is 4.23. The van der Waals surface area contributed by atoms with Gasteiger partial charge in [0.25, 0.3) is 0 Å². The molecule has 3 heterocycles. The molecule has 3 fully saturated rings. The van der Waals surface area contributed by atoms with Crippen LogP contribution in [0.1, 0.15) is 57.1 Å². The number of hydrogen-bond acceptors (Lipinski definition) is 3. The van der Waals surface area contributed by atoms with Crippen molar-refractivity contribution in [2.24, 2.45) is 5.41 Å². The molecule has 1 unspecified atom stereocenters. The molecule has 0 N–H and O–H groups in total. The molecule has 130 valence electrons. The smallest absolute Gasteiger partial charge is 0.230 e. The molecule has 4 nitrogen and oxygen atoms in total. The van der Waals surface area contributed by atoms with Crippen LogP contribution >= 0.6 is 0 Å². The molecule has 2 saturated heterocycles. The van der Waals surface area contributed by atoms with Gasteiger partial charge in [0.2, 0.25) is 5.91 Å². The molecule has 1 amide bonds. The normalized spacial score (nSPS) is 28.8. The van der Waals surface area contributed by atoms with Crippen LogP contribution in [0.5, 0.6) is 0 Å². The Morgan fingerprint density at radius 1 is 1.08 bits per heavy atom. The molecule has 1 spiro atoms. The summed E-state index contributed by atoms with van der Waals surface area (Å²) in [7, 11) is 0. The van der Waals surface area contributed by atoms with Crippen molar-refractivity contribution in [2.75, 3.05) is 24.5 Å². The Morgan fingerprint density at radius 3 is 2.71 bits per heavy atom. The first kappa shape index (κ1) is 15.9. The Balaban J connectivity index is 1.51. The number of carbonyl (C=O) groups excluding carboxylic acids is 1. The molecular formula is C20H29N3O. The van der Waals surface area contributed by atoms with E-state index in [-0.39, 0.29) is 5.41 Å². The van der Waals surface area contributed by atoms with Crippen LogP contribution in [-0.2, 0) is 4.79 Å². The molecule has 2 aliphatic heterocycles. The van der Waals surface area contributed by atoms with Crippen LogP contribution in [0, 0.1) is 12.3 Å². The molecule has 1 atom stereocenters. The Morgan fingerprint density at radius 2 is 1.92 bits per heavy atom. The zero-order chi connectivity index (χ0) is 16.6. The number of hydrogen-bond donors (Lipinski definition) is 0. The van der Waals surface area contributed by atoms with Crippen LogP contribution in [0.2, 0.25) is 0 Å². The molecule has 1 aromatic rings. The van der Waals surface area contributed by atoms with E-state index in [9.17, 15) is 4.79 Å². The van der Waals surface area contributed by atoms with Gasteiger partial charge in [-0.25, -0.2) is 4.98 Å². The molecular weight excluding hydrogens is 298 g/mol. The molecule has 4 rings (SSSR count). The topological polar surface area (TPSA) is 36.4 Å². The van der Waals surface area contributed by atoms with Crippen LogP contribution in [0.4, 0.5) is 5.82 Å². The third-order valence-corrected chi connectivity index (χ3v) is 6.34. The van der Waals surface area contributed by atoms with Crippen molar-refractivity contribution in [3.63, 3.8) is 0 Å². The standard InChI is InChI=1S/C20H29N3O/c1-16-7-5-10-18(21-16)22-13-6-11-20(15-22)12-14-23(19(20)24)17-8-3-2-4-9-17/h5,7,10,17H,2-4,6,8-9,11-15H2,1H3. The maximum atomic E-state index is 13.3. The van der Waals surface area contributed by atoms with Crippen molar-refractivity contribution in [3.8, 4) is 0 Å². The second-order valence-electron chi connectivity index (χ2n) is 7.98. The SMILES string of the molecule is Cc1cccc(N2CCCC3(CCN(C4CCCCC4)C3=O)C2)n1. The summed E-state index contributed by atoms with van der Waals surface area (Å²) in [6.45, 7) is 4.88. The number of carbonyl (C=O) groups is 1. The molecule has 1 aliphatic carbocycles. The van der Waals surface area contributed by atoms with E-state index in [1.165, 1.54) is 32.1 Å². The van der Waals surface area contributed by atoms with Gasteiger partial charge >= 0.3 is 0 Å². The largest absolute Gasteiger partial charge is 0.356 e. The van der Waals surface area contributed by atoms with E-state index in [0.29, 0.717) is 11.9 Å². The number of nitrogens with zero attached hydrogens (tertiary/aromatic N) is 3. The fourth-order valence-corrected chi connectivity index (χ4v) is 5.00. The first-order valence-electron chi connectivity index (χ1n) is 9.68. The number of piperidine rings is 1. The number of anilines is 1. The van der Waals surface area contributed by atoms with Crippen LogP contribution in [-0.4, -0.2) is 41.5 Å². The van der Waals surface area contributed by atoms with Crippen molar-refractivity contribution in [3.05, 3.63) is 23.9 Å². The first-order valence-corrected chi connectivity index (χ1v) is 9.68. The number of aryl methyl sites for hydroxylation is 1. The lowest BCUT2D eigenvalue weighted by Crippen LogP contribution is -2.50.